The second kappa shape index (κ2) is 8.47. The van der Waals surface area contributed by atoms with Gasteiger partial charge in [0.05, 0.1) is 28.8 Å². The quantitative estimate of drug-likeness (QED) is 0.584. The molecule has 4 rings (SSSR count). The van der Waals surface area contributed by atoms with E-state index >= 15 is 0 Å². The largest absolute Gasteiger partial charge is 0.378 e. The molecule has 3 aromatic rings. The average molecular weight is 445 g/mol. The highest BCUT2D eigenvalue weighted by Crippen LogP contribution is 2.38. The molecule has 1 unspecified atom stereocenters. The van der Waals surface area contributed by atoms with Gasteiger partial charge in [-0.2, -0.15) is 5.10 Å². The van der Waals surface area contributed by atoms with Crippen LogP contribution in [0.25, 0.3) is 11.1 Å². The highest BCUT2D eigenvalue weighted by molar-refractivity contribution is 6.42. The Morgan fingerprint density at radius 2 is 1.97 bits per heavy atom. The summed E-state index contributed by atoms with van der Waals surface area (Å²) in [5, 5.41) is 10.9. The molecule has 1 aromatic heterocycles. The van der Waals surface area contributed by atoms with E-state index in [4.69, 9.17) is 27.9 Å². The number of aromatic nitrogens is 2. The minimum Gasteiger partial charge on any atom is -0.378 e. The molecule has 0 saturated carbocycles. The number of nitrogens with one attached hydrogen (secondary N) is 2. The molecule has 0 aliphatic carbocycles. The Bertz CT molecular complexity index is 1110. The molecule has 1 atom stereocenters. The molecule has 9 heteroatoms. The van der Waals surface area contributed by atoms with Crippen LogP contribution in [-0.2, 0) is 20.9 Å². The molecular weight excluding hydrogens is 427 g/mol. The zero-order valence-electron chi connectivity index (χ0n) is 16.0. The molecule has 30 heavy (non-hydrogen) atoms. The number of nitrogens with zero attached hydrogens (tertiary/aromatic N) is 2. The predicted molar refractivity (Wildman–Crippen MR) is 116 cm³/mol. The molecule has 7 nitrogen and oxygen atoms in total. The predicted octanol–water partition coefficient (Wildman–Crippen LogP) is 4.53. The van der Waals surface area contributed by atoms with Gasteiger partial charge in [0.15, 0.2) is 0 Å². The van der Waals surface area contributed by atoms with E-state index in [-0.39, 0.29) is 24.8 Å². The molecule has 0 saturated heterocycles. The van der Waals surface area contributed by atoms with Crippen LogP contribution in [0.5, 0.6) is 0 Å². The Kier molecular flexibility index (Phi) is 5.76. The molecule has 2 heterocycles. The molecule has 2 amide bonds. The van der Waals surface area contributed by atoms with Crippen molar-refractivity contribution < 1.29 is 14.3 Å². The number of carbonyl (C=O) groups excluding carboxylic acids is 2. The molecule has 0 spiro atoms. The number of methoxy groups -OCH3 is 1. The molecule has 0 bridgehead atoms. The van der Waals surface area contributed by atoms with Gasteiger partial charge in [0.1, 0.15) is 11.9 Å². The highest BCUT2D eigenvalue weighted by Gasteiger charge is 2.37. The van der Waals surface area contributed by atoms with Gasteiger partial charge in [0.2, 0.25) is 5.91 Å². The lowest BCUT2D eigenvalue weighted by Crippen LogP contribution is -2.24. The number of rotatable bonds is 6. The summed E-state index contributed by atoms with van der Waals surface area (Å²) in [5.74, 6) is -0.0695. The molecule has 1 aliphatic heterocycles. The third kappa shape index (κ3) is 3.92. The number of anilines is 2. The molecular formula is C21H18Cl2N4O3. The number of amides is 2. The van der Waals surface area contributed by atoms with Crippen molar-refractivity contribution in [1.29, 1.82) is 0 Å². The van der Waals surface area contributed by atoms with Gasteiger partial charge in [0.25, 0.3) is 5.91 Å². The Hall–Kier alpha value is -2.87. The molecule has 1 aliphatic rings. The summed E-state index contributed by atoms with van der Waals surface area (Å²) < 4.78 is 6.84. The van der Waals surface area contributed by atoms with Gasteiger partial charge in [-0.1, -0.05) is 53.5 Å². The number of hydrogen-bond donors (Lipinski definition) is 2. The van der Waals surface area contributed by atoms with E-state index in [1.807, 2.05) is 30.3 Å². The van der Waals surface area contributed by atoms with Gasteiger partial charge in [-0.3, -0.25) is 9.59 Å². The summed E-state index contributed by atoms with van der Waals surface area (Å²) in [4.78, 5) is 25.2. The standard InChI is InChI=1S/C21H18Cl2N4O3/c1-30-11-16-19(12-5-3-2-4-6-12)20-25-21(29)17(27(20)26-16)10-18(28)24-13-7-8-14(22)15(23)9-13/h2-9,17H,10-11H2,1H3,(H,24,28)(H,25,29). The van der Waals surface area contributed by atoms with Crippen molar-refractivity contribution in [3.63, 3.8) is 0 Å². The molecule has 2 aromatic carbocycles. The van der Waals surface area contributed by atoms with Crippen molar-refractivity contribution in [2.45, 2.75) is 19.1 Å². The average Bonchev–Trinajstić information content (AvgIpc) is 3.21. The normalized spacial score (nSPS) is 15.0. The summed E-state index contributed by atoms with van der Waals surface area (Å²) in [5.41, 5.74) is 2.89. The van der Waals surface area contributed by atoms with E-state index in [9.17, 15) is 9.59 Å². The summed E-state index contributed by atoms with van der Waals surface area (Å²) in [6, 6.07) is 13.6. The minimum absolute atomic E-state index is 0.0819. The number of ether oxygens (including phenoxy) is 1. The summed E-state index contributed by atoms with van der Waals surface area (Å²) >= 11 is 11.9. The number of benzene rings is 2. The van der Waals surface area contributed by atoms with Crippen molar-refractivity contribution in [1.82, 2.24) is 9.78 Å². The lowest BCUT2D eigenvalue weighted by atomic mass is 10.1. The molecule has 2 N–H and O–H groups in total. The van der Waals surface area contributed by atoms with Crippen LogP contribution >= 0.6 is 23.2 Å². The number of carbonyl (C=O) groups is 2. The first-order valence-electron chi connectivity index (χ1n) is 9.19. The fourth-order valence-electron chi connectivity index (χ4n) is 3.42. The van der Waals surface area contributed by atoms with Crippen LogP contribution in [0.15, 0.2) is 48.5 Å². The van der Waals surface area contributed by atoms with Gasteiger partial charge < -0.3 is 15.4 Å². The van der Waals surface area contributed by atoms with Gasteiger partial charge in [0, 0.05) is 18.4 Å². The second-order valence-electron chi connectivity index (χ2n) is 6.80. The summed E-state index contributed by atoms with van der Waals surface area (Å²) in [7, 11) is 1.58. The van der Waals surface area contributed by atoms with E-state index in [1.165, 1.54) is 0 Å². The maximum atomic E-state index is 12.6. The van der Waals surface area contributed by atoms with E-state index < -0.39 is 6.04 Å². The Morgan fingerprint density at radius 1 is 1.20 bits per heavy atom. The number of halogens is 2. The van der Waals surface area contributed by atoms with Gasteiger partial charge in [-0.15, -0.1) is 0 Å². The van der Waals surface area contributed by atoms with Crippen LogP contribution in [0.3, 0.4) is 0 Å². The zero-order chi connectivity index (χ0) is 21.3. The van der Waals surface area contributed by atoms with Crippen molar-refractivity contribution in [3.8, 4) is 11.1 Å². The third-order valence-electron chi connectivity index (χ3n) is 4.75. The fraction of sp³-hybridized carbons (Fsp3) is 0.190. The number of fused-ring (bicyclic) bond motifs is 1. The fourth-order valence-corrected chi connectivity index (χ4v) is 3.72. The van der Waals surface area contributed by atoms with E-state index in [0.29, 0.717) is 27.2 Å². The van der Waals surface area contributed by atoms with Gasteiger partial charge >= 0.3 is 0 Å². The Morgan fingerprint density at radius 3 is 2.67 bits per heavy atom. The SMILES string of the molecule is COCc1nn2c(c1-c1ccccc1)NC(=O)C2CC(=O)Nc1ccc(Cl)c(Cl)c1. The van der Waals surface area contributed by atoms with Crippen LogP contribution in [0.2, 0.25) is 10.0 Å². The topological polar surface area (TPSA) is 85.2 Å². The second-order valence-corrected chi connectivity index (χ2v) is 7.61. The van der Waals surface area contributed by atoms with E-state index in [1.54, 1.807) is 30.0 Å². The van der Waals surface area contributed by atoms with Crippen molar-refractivity contribution in [3.05, 3.63) is 64.3 Å². The highest BCUT2D eigenvalue weighted by atomic mass is 35.5. The number of hydrogen-bond acceptors (Lipinski definition) is 4. The lowest BCUT2D eigenvalue weighted by Gasteiger charge is -2.10. The van der Waals surface area contributed by atoms with Crippen molar-refractivity contribution in [2.24, 2.45) is 0 Å². The van der Waals surface area contributed by atoms with E-state index in [2.05, 4.69) is 15.7 Å². The van der Waals surface area contributed by atoms with Crippen LogP contribution in [0.4, 0.5) is 11.5 Å². The third-order valence-corrected chi connectivity index (χ3v) is 5.49. The summed E-state index contributed by atoms with van der Waals surface area (Å²) in [6.45, 7) is 0.280. The van der Waals surface area contributed by atoms with Crippen molar-refractivity contribution >= 4 is 46.5 Å². The van der Waals surface area contributed by atoms with Crippen molar-refractivity contribution in [2.75, 3.05) is 17.7 Å². The minimum atomic E-state index is -0.768. The maximum absolute atomic E-state index is 12.6. The smallest absolute Gasteiger partial charge is 0.251 e. The monoisotopic (exact) mass is 444 g/mol. The first kappa shape index (κ1) is 20.4. The van der Waals surface area contributed by atoms with Crippen LogP contribution in [-0.4, -0.2) is 28.7 Å². The Balaban J connectivity index is 1.60. The van der Waals surface area contributed by atoms with Crippen LogP contribution in [0, 0.1) is 0 Å². The first-order chi connectivity index (χ1) is 14.5. The Labute approximate surface area is 182 Å². The lowest BCUT2D eigenvalue weighted by molar-refractivity contribution is -0.123. The summed E-state index contributed by atoms with van der Waals surface area (Å²) in [6.07, 6.45) is -0.0819. The van der Waals surface area contributed by atoms with Gasteiger partial charge in [-0.25, -0.2) is 4.68 Å². The maximum Gasteiger partial charge on any atom is 0.251 e. The van der Waals surface area contributed by atoms with Crippen LogP contribution < -0.4 is 10.6 Å². The zero-order valence-corrected chi connectivity index (χ0v) is 17.5. The van der Waals surface area contributed by atoms with Crippen LogP contribution in [0.1, 0.15) is 18.2 Å². The van der Waals surface area contributed by atoms with Gasteiger partial charge in [-0.05, 0) is 23.8 Å². The van der Waals surface area contributed by atoms with E-state index in [0.717, 1.165) is 11.1 Å². The molecule has 0 fully saturated rings. The molecule has 0 radical (unpaired) electrons. The first-order valence-corrected chi connectivity index (χ1v) is 9.95. The molecule has 154 valence electrons.